The average molecular weight is 437 g/mol. The van der Waals surface area contributed by atoms with Gasteiger partial charge in [-0.1, -0.05) is 11.6 Å². The van der Waals surface area contributed by atoms with E-state index in [9.17, 15) is 9.59 Å². The number of nitrogens with two attached hydrogens (primary N) is 2. The maximum atomic E-state index is 12.7. The van der Waals surface area contributed by atoms with Crippen molar-refractivity contribution in [2.45, 2.75) is 31.2 Å². The first-order chi connectivity index (χ1) is 14.4. The Morgan fingerprint density at radius 2 is 1.87 bits per heavy atom. The molecule has 162 valence electrons. The highest BCUT2D eigenvalue weighted by molar-refractivity contribution is 6.31. The first-order valence-corrected chi connectivity index (χ1v) is 10.3. The van der Waals surface area contributed by atoms with Crippen LogP contribution in [0.1, 0.15) is 36.2 Å². The van der Waals surface area contributed by atoms with E-state index in [-0.39, 0.29) is 39.8 Å². The van der Waals surface area contributed by atoms with Crippen molar-refractivity contribution in [2.24, 2.45) is 10.9 Å². The fourth-order valence-corrected chi connectivity index (χ4v) is 4.20. The van der Waals surface area contributed by atoms with Crippen molar-refractivity contribution in [3.63, 3.8) is 0 Å². The van der Waals surface area contributed by atoms with Crippen molar-refractivity contribution in [3.8, 4) is 0 Å². The molecule has 0 radical (unpaired) electrons. The van der Waals surface area contributed by atoms with Gasteiger partial charge in [-0.25, -0.2) is 9.97 Å². The minimum atomic E-state index is -0.666. The number of hydrogen-bond acceptors (Lipinski definition) is 7. The SMILES string of the molecule is Nc1nc(N)c(C(=O)/N=C2\NCC3(CCN(C(=O)C4CCOCC4)CC3)N2)nc1Cl. The lowest BCUT2D eigenvalue weighted by atomic mass is 9.87. The Morgan fingerprint density at radius 3 is 2.57 bits per heavy atom. The number of anilines is 2. The van der Waals surface area contributed by atoms with Crippen molar-refractivity contribution < 1.29 is 14.3 Å². The molecule has 11 nitrogen and oxygen atoms in total. The van der Waals surface area contributed by atoms with E-state index in [0.29, 0.717) is 38.8 Å². The second kappa shape index (κ2) is 8.23. The molecule has 12 heteroatoms. The van der Waals surface area contributed by atoms with Crippen LogP contribution in [0.4, 0.5) is 11.6 Å². The molecule has 6 N–H and O–H groups in total. The number of aromatic nitrogens is 2. The number of piperidine rings is 1. The van der Waals surface area contributed by atoms with E-state index in [2.05, 4.69) is 25.6 Å². The minimum Gasteiger partial charge on any atom is -0.382 e. The Morgan fingerprint density at radius 1 is 1.17 bits per heavy atom. The molecule has 0 atom stereocenters. The second-order valence-electron chi connectivity index (χ2n) is 7.87. The average Bonchev–Trinajstić information content (AvgIpc) is 3.13. The highest BCUT2D eigenvalue weighted by Crippen LogP contribution is 2.27. The number of nitrogen functional groups attached to an aromatic ring is 2. The summed E-state index contributed by atoms with van der Waals surface area (Å²) >= 11 is 5.83. The monoisotopic (exact) mass is 436 g/mol. The summed E-state index contributed by atoms with van der Waals surface area (Å²) in [6, 6.07) is 0. The van der Waals surface area contributed by atoms with Gasteiger partial charge < -0.3 is 31.7 Å². The Kier molecular flexibility index (Phi) is 5.65. The lowest BCUT2D eigenvalue weighted by Crippen LogP contribution is -2.54. The van der Waals surface area contributed by atoms with E-state index < -0.39 is 5.91 Å². The highest BCUT2D eigenvalue weighted by atomic mass is 35.5. The Labute approximate surface area is 178 Å². The first kappa shape index (κ1) is 20.6. The number of guanidine groups is 1. The van der Waals surface area contributed by atoms with Gasteiger partial charge in [0.15, 0.2) is 28.4 Å². The van der Waals surface area contributed by atoms with Crippen molar-refractivity contribution in [2.75, 3.05) is 44.3 Å². The number of nitrogens with one attached hydrogen (secondary N) is 2. The van der Waals surface area contributed by atoms with Crippen LogP contribution >= 0.6 is 11.6 Å². The zero-order valence-electron chi connectivity index (χ0n) is 16.5. The number of carbonyl (C=O) groups is 2. The van der Waals surface area contributed by atoms with Crippen molar-refractivity contribution in [1.29, 1.82) is 0 Å². The van der Waals surface area contributed by atoms with Gasteiger partial charge in [0.25, 0.3) is 0 Å². The van der Waals surface area contributed by atoms with Crippen molar-refractivity contribution in [1.82, 2.24) is 25.5 Å². The molecule has 2 amide bonds. The molecule has 1 aromatic rings. The molecule has 30 heavy (non-hydrogen) atoms. The Hall–Kier alpha value is -2.66. The van der Waals surface area contributed by atoms with Gasteiger partial charge in [0, 0.05) is 38.8 Å². The number of amides is 2. The molecule has 3 fully saturated rings. The van der Waals surface area contributed by atoms with Crippen LogP contribution in [0.25, 0.3) is 0 Å². The predicted octanol–water partition coefficient (Wildman–Crippen LogP) is -0.229. The molecule has 3 saturated heterocycles. The standard InChI is InChI=1S/C18H25ClN8O3/c19-12-14(21)24-13(20)11(23-12)15(28)25-17-22-9-18(26-17)3-5-27(6-4-18)16(29)10-1-7-30-8-2-10/h10H,1-9H2,(H4,20,21,24)(H2,22,25,26,28). The summed E-state index contributed by atoms with van der Waals surface area (Å²) in [6.45, 7) is 3.25. The third-order valence-electron chi connectivity index (χ3n) is 5.90. The van der Waals surface area contributed by atoms with Crippen LogP contribution in [0.15, 0.2) is 4.99 Å². The molecular formula is C18H25ClN8O3. The fourth-order valence-electron chi connectivity index (χ4n) is 4.07. The molecule has 0 unspecified atom stereocenters. The van der Waals surface area contributed by atoms with Crippen LogP contribution in [0.2, 0.25) is 5.15 Å². The van der Waals surface area contributed by atoms with Crippen molar-refractivity contribution >= 4 is 41.0 Å². The molecule has 1 spiro atoms. The normalized spacial score (nSPS) is 22.7. The summed E-state index contributed by atoms with van der Waals surface area (Å²) < 4.78 is 5.35. The van der Waals surface area contributed by atoms with Crippen LogP contribution in [0.3, 0.4) is 0 Å². The third-order valence-corrected chi connectivity index (χ3v) is 6.18. The summed E-state index contributed by atoms with van der Waals surface area (Å²) in [4.78, 5) is 38.8. The van der Waals surface area contributed by atoms with Gasteiger partial charge >= 0.3 is 5.91 Å². The zero-order chi connectivity index (χ0) is 21.3. The zero-order valence-corrected chi connectivity index (χ0v) is 17.2. The van der Waals surface area contributed by atoms with Gasteiger partial charge in [0.1, 0.15) is 0 Å². The van der Waals surface area contributed by atoms with E-state index in [0.717, 1.165) is 25.7 Å². The quantitative estimate of drug-likeness (QED) is 0.490. The maximum Gasteiger partial charge on any atom is 0.302 e. The van der Waals surface area contributed by atoms with Crippen LogP contribution in [-0.4, -0.2) is 71.0 Å². The van der Waals surface area contributed by atoms with Gasteiger partial charge in [-0.15, -0.1) is 0 Å². The Bertz CT molecular complexity index is 878. The van der Waals surface area contributed by atoms with E-state index in [1.165, 1.54) is 0 Å². The fraction of sp³-hybridized carbons (Fsp3) is 0.611. The molecule has 0 bridgehead atoms. The van der Waals surface area contributed by atoms with E-state index in [4.69, 9.17) is 27.8 Å². The number of ether oxygens (including phenoxy) is 1. The van der Waals surface area contributed by atoms with Crippen LogP contribution in [-0.2, 0) is 9.53 Å². The molecular weight excluding hydrogens is 412 g/mol. The molecule has 4 heterocycles. The lowest BCUT2D eigenvalue weighted by molar-refractivity contribution is -0.140. The van der Waals surface area contributed by atoms with Crippen LogP contribution < -0.4 is 22.1 Å². The largest absolute Gasteiger partial charge is 0.382 e. The smallest absolute Gasteiger partial charge is 0.302 e. The molecule has 4 rings (SSSR count). The van der Waals surface area contributed by atoms with Gasteiger partial charge in [-0.3, -0.25) is 9.59 Å². The van der Waals surface area contributed by atoms with Gasteiger partial charge in [-0.2, -0.15) is 4.99 Å². The number of rotatable bonds is 2. The summed E-state index contributed by atoms with van der Waals surface area (Å²) in [5, 5.41) is 6.33. The second-order valence-corrected chi connectivity index (χ2v) is 8.23. The molecule has 0 saturated carbocycles. The number of halogens is 1. The van der Waals surface area contributed by atoms with Crippen LogP contribution in [0, 0.1) is 5.92 Å². The summed E-state index contributed by atoms with van der Waals surface area (Å²) in [6.07, 6.45) is 3.11. The molecule has 3 aliphatic rings. The topological polar surface area (TPSA) is 161 Å². The molecule has 3 aliphatic heterocycles. The molecule has 1 aromatic heterocycles. The highest BCUT2D eigenvalue weighted by Gasteiger charge is 2.41. The summed E-state index contributed by atoms with van der Waals surface area (Å²) in [5.41, 5.74) is 10.9. The lowest BCUT2D eigenvalue weighted by Gasteiger charge is -2.40. The van der Waals surface area contributed by atoms with Gasteiger partial charge in [0.2, 0.25) is 5.91 Å². The number of aliphatic imine (C=N–C) groups is 1. The summed E-state index contributed by atoms with van der Waals surface area (Å²) in [5.74, 6) is -0.206. The van der Waals surface area contributed by atoms with E-state index in [1.54, 1.807) is 0 Å². The third kappa shape index (κ3) is 4.12. The van der Waals surface area contributed by atoms with E-state index >= 15 is 0 Å². The minimum absolute atomic E-state index is 0.0449. The molecule has 0 aromatic carbocycles. The number of hydrogen-bond donors (Lipinski definition) is 4. The van der Waals surface area contributed by atoms with Gasteiger partial charge in [0.05, 0.1) is 5.54 Å². The first-order valence-electron chi connectivity index (χ1n) is 9.97. The van der Waals surface area contributed by atoms with Gasteiger partial charge in [-0.05, 0) is 25.7 Å². The van der Waals surface area contributed by atoms with Crippen LogP contribution in [0.5, 0.6) is 0 Å². The maximum absolute atomic E-state index is 12.7. The predicted molar refractivity (Wildman–Crippen MR) is 111 cm³/mol. The molecule has 0 aliphatic carbocycles. The van der Waals surface area contributed by atoms with E-state index in [1.807, 2.05) is 4.90 Å². The number of nitrogens with zero attached hydrogens (tertiary/aromatic N) is 4. The number of likely N-dealkylation sites (tertiary alicyclic amines) is 1. The number of carbonyl (C=O) groups excluding carboxylic acids is 2. The van der Waals surface area contributed by atoms with Crippen molar-refractivity contribution in [3.05, 3.63) is 10.8 Å². The Balaban J connectivity index is 1.37. The summed E-state index contributed by atoms with van der Waals surface area (Å²) in [7, 11) is 0.